The number of nitrogens with zero attached hydrogens (tertiary/aromatic N) is 2. The molecule has 2 rings (SSSR count). The molecule has 0 fully saturated rings. The summed E-state index contributed by atoms with van der Waals surface area (Å²) in [6, 6.07) is 11.3. The molecule has 0 unspecified atom stereocenters. The van der Waals surface area contributed by atoms with Crippen molar-refractivity contribution in [3.63, 3.8) is 0 Å². The Bertz CT molecular complexity index is 578. The molecule has 1 heterocycles. The van der Waals surface area contributed by atoms with Gasteiger partial charge in [-0.05, 0) is 18.6 Å². The Kier molecular flexibility index (Phi) is 3.80. The van der Waals surface area contributed by atoms with Gasteiger partial charge in [0.2, 0.25) is 5.91 Å². The van der Waals surface area contributed by atoms with Crippen LogP contribution in [0, 0.1) is 6.92 Å². The molecule has 98 valence electrons. The van der Waals surface area contributed by atoms with Crippen molar-refractivity contribution in [2.45, 2.75) is 13.3 Å². The van der Waals surface area contributed by atoms with Crippen molar-refractivity contribution in [2.75, 3.05) is 17.7 Å². The lowest BCUT2D eigenvalue weighted by molar-refractivity contribution is -0.117. The highest BCUT2D eigenvalue weighted by Crippen LogP contribution is 2.14. The van der Waals surface area contributed by atoms with Crippen LogP contribution in [0.3, 0.4) is 0 Å². The van der Waals surface area contributed by atoms with E-state index in [1.54, 1.807) is 25.4 Å². The van der Waals surface area contributed by atoms with Crippen molar-refractivity contribution < 1.29 is 4.79 Å². The van der Waals surface area contributed by atoms with Crippen molar-refractivity contribution in [3.8, 4) is 0 Å². The van der Waals surface area contributed by atoms with Crippen molar-refractivity contribution in [2.24, 2.45) is 0 Å². The second-order valence-electron chi connectivity index (χ2n) is 4.56. The molecule has 2 aromatic rings. The lowest BCUT2D eigenvalue weighted by Crippen LogP contribution is -2.28. The molecule has 0 aliphatic heterocycles. The molecule has 0 saturated carbocycles. The highest BCUT2D eigenvalue weighted by atomic mass is 16.2. The summed E-state index contributed by atoms with van der Waals surface area (Å²) in [7, 11) is 1.71. The number of aryl methyl sites for hydroxylation is 1. The Morgan fingerprint density at radius 1 is 1.26 bits per heavy atom. The highest BCUT2D eigenvalue weighted by molar-refractivity contribution is 5.93. The van der Waals surface area contributed by atoms with Crippen LogP contribution in [0.25, 0.3) is 0 Å². The monoisotopic (exact) mass is 255 g/mol. The van der Waals surface area contributed by atoms with Crippen LogP contribution in [0.15, 0.2) is 42.6 Å². The fraction of sp³-hybridized carbons (Fsp3) is 0.200. The topological polar surface area (TPSA) is 59.2 Å². The molecule has 0 saturated heterocycles. The predicted molar refractivity (Wildman–Crippen MR) is 76.9 cm³/mol. The second kappa shape index (κ2) is 5.52. The zero-order valence-electron chi connectivity index (χ0n) is 11.1. The van der Waals surface area contributed by atoms with E-state index >= 15 is 0 Å². The molecule has 0 bridgehead atoms. The van der Waals surface area contributed by atoms with Gasteiger partial charge in [-0.3, -0.25) is 9.69 Å². The van der Waals surface area contributed by atoms with Gasteiger partial charge in [-0.25, -0.2) is 4.98 Å². The van der Waals surface area contributed by atoms with Crippen LogP contribution >= 0.6 is 0 Å². The molecule has 0 aliphatic carbocycles. The van der Waals surface area contributed by atoms with Gasteiger partial charge in [-0.15, -0.1) is 0 Å². The number of nitrogens with two attached hydrogens (primary N) is 1. The summed E-state index contributed by atoms with van der Waals surface area (Å²) in [5.74, 6) is 0.555. The van der Waals surface area contributed by atoms with Crippen molar-refractivity contribution in [1.82, 2.24) is 4.98 Å². The predicted octanol–water partition coefficient (Wildman–Crippen LogP) is 2.18. The van der Waals surface area contributed by atoms with Crippen LogP contribution in [0.5, 0.6) is 0 Å². The number of benzene rings is 1. The van der Waals surface area contributed by atoms with Crippen molar-refractivity contribution >= 4 is 17.4 Å². The molecule has 0 atom stereocenters. The molecule has 0 aliphatic rings. The number of hydrogen-bond donors (Lipinski definition) is 1. The Labute approximate surface area is 112 Å². The number of hydrogen-bond acceptors (Lipinski definition) is 3. The average Bonchev–Trinajstić information content (AvgIpc) is 2.40. The number of carbonyl (C=O) groups excluding carboxylic acids is 1. The third kappa shape index (κ3) is 3.31. The molecule has 19 heavy (non-hydrogen) atoms. The number of amides is 1. The summed E-state index contributed by atoms with van der Waals surface area (Å²) in [5, 5.41) is 0. The van der Waals surface area contributed by atoms with E-state index in [9.17, 15) is 4.79 Å². The second-order valence-corrected chi connectivity index (χ2v) is 4.56. The van der Waals surface area contributed by atoms with Crippen LogP contribution < -0.4 is 10.6 Å². The molecular formula is C15H17N3O. The number of pyridine rings is 1. The zero-order chi connectivity index (χ0) is 13.8. The smallest absolute Gasteiger partial charge is 0.232 e. The fourth-order valence-electron chi connectivity index (χ4n) is 1.74. The van der Waals surface area contributed by atoms with E-state index in [4.69, 9.17) is 5.73 Å². The van der Waals surface area contributed by atoms with Crippen LogP contribution in [0.4, 0.5) is 11.5 Å². The summed E-state index contributed by atoms with van der Waals surface area (Å²) in [4.78, 5) is 17.8. The fourth-order valence-corrected chi connectivity index (χ4v) is 1.74. The number of anilines is 2. The first-order valence-corrected chi connectivity index (χ1v) is 6.10. The normalized spacial score (nSPS) is 10.2. The van der Waals surface area contributed by atoms with Gasteiger partial charge in [0, 0.05) is 25.0 Å². The summed E-state index contributed by atoms with van der Waals surface area (Å²) >= 11 is 0. The van der Waals surface area contributed by atoms with Crippen molar-refractivity contribution in [1.29, 1.82) is 0 Å². The molecule has 1 aromatic carbocycles. The molecule has 0 spiro atoms. The van der Waals surface area contributed by atoms with Crippen LogP contribution in [0.2, 0.25) is 0 Å². The van der Waals surface area contributed by atoms with E-state index in [2.05, 4.69) is 4.98 Å². The molecule has 4 heteroatoms. The van der Waals surface area contributed by atoms with Gasteiger partial charge in [0.25, 0.3) is 0 Å². The lowest BCUT2D eigenvalue weighted by Gasteiger charge is -2.16. The largest absolute Gasteiger partial charge is 0.399 e. The van der Waals surface area contributed by atoms with Gasteiger partial charge in [0.1, 0.15) is 5.82 Å². The first-order chi connectivity index (χ1) is 9.06. The Balaban J connectivity index is 2.09. The molecule has 1 amide bonds. The molecule has 0 radical (unpaired) electrons. The maximum absolute atomic E-state index is 12.2. The summed E-state index contributed by atoms with van der Waals surface area (Å²) in [6.45, 7) is 2.02. The van der Waals surface area contributed by atoms with E-state index < -0.39 is 0 Å². The summed E-state index contributed by atoms with van der Waals surface area (Å²) < 4.78 is 0. The number of rotatable bonds is 3. The maximum Gasteiger partial charge on any atom is 0.232 e. The van der Waals surface area contributed by atoms with Crippen LogP contribution in [-0.2, 0) is 11.2 Å². The third-order valence-corrected chi connectivity index (χ3v) is 2.96. The number of carbonyl (C=O) groups is 1. The minimum Gasteiger partial charge on any atom is -0.399 e. The minimum absolute atomic E-state index is 0.0121. The number of likely N-dealkylation sites (N-methyl/N-ethyl adjacent to an activating group) is 1. The molecule has 2 N–H and O–H groups in total. The van der Waals surface area contributed by atoms with Gasteiger partial charge in [-0.1, -0.05) is 29.8 Å². The van der Waals surface area contributed by atoms with Gasteiger partial charge in [0.15, 0.2) is 0 Å². The SMILES string of the molecule is Cc1ccc(CC(=O)N(C)c2cc(N)ccn2)cc1. The molecule has 1 aromatic heterocycles. The maximum atomic E-state index is 12.2. The quantitative estimate of drug-likeness (QED) is 0.914. The van der Waals surface area contributed by atoms with Crippen LogP contribution in [0.1, 0.15) is 11.1 Å². The zero-order valence-corrected chi connectivity index (χ0v) is 11.1. The first kappa shape index (κ1) is 13.1. The van der Waals surface area contributed by atoms with E-state index in [0.717, 1.165) is 5.56 Å². The first-order valence-electron chi connectivity index (χ1n) is 6.10. The Morgan fingerprint density at radius 3 is 2.58 bits per heavy atom. The molecular weight excluding hydrogens is 238 g/mol. The van der Waals surface area contributed by atoms with Gasteiger partial charge in [0.05, 0.1) is 6.42 Å². The summed E-state index contributed by atoms with van der Waals surface area (Å²) in [6.07, 6.45) is 1.95. The average molecular weight is 255 g/mol. The van der Waals surface area contributed by atoms with E-state index in [1.165, 1.54) is 10.5 Å². The number of nitrogen functional groups attached to an aromatic ring is 1. The molecule has 4 nitrogen and oxygen atoms in total. The van der Waals surface area contributed by atoms with E-state index in [-0.39, 0.29) is 5.91 Å². The lowest BCUT2D eigenvalue weighted by atomic mass is 10.1. The van der Waals surface area contributed by atoms with E-state index in [1.807, 2.05) is 31.2 Å². The van der Waals surface area contributed by atoms with E-state index in [0.29, 0.717) is 17.9 Å². The minimum atomic E-state index is -0.0121. The van der Waals surface area contributed by atoms with Gasteiger partial charge < -0.3 is 5.73 Å². The highest BCUT2D eigenvalue weighted by Gasteiger charge is 2.12. The Hall–Kier alpha value is -2.36. The third-order valence-electron chi connectivity index (χ3n) is 2.96. The standard InChI is InChI=1S/C15H17N3O/c1-11-3-5-12(6-4-11)9-15(19)18(2)14-10-13(16)7-8-17-14/h3-8,10H,9H2,1-2H3,(H2,16,17). The number of aromatic nitrogens is 1. The summed E-state index contributed by atoms with van der Waals surface area (Å²) in [5.41, 5.74) is 8.46. The van der Waals surface area contributed by atoms with Gasteiger partial charge >= 0.3 is 0 Å². The van der Waals surface area contributed by atoms with Gasteiger partial charge in [-0.2, -0.15) is 0 Å². The Morgan fingerprint density at radius 2 is 1.95 bits per heavy atom. The van der Waals surface area contributed by atoms with Crippen molar-refractivity contribution in [3.05, 3.63) is 53.7 Å². The van der Waals surface area contributed by atoms with Crippen LogP contribution in [-0.4, -0.2) is 17.9 Å².